The molecular weight excluding hydrogens is 506 g/mol. The molecule has 0 atom stereocenters. The van der Waals surface area contributed by atoms with E-state index in [4.69, 9.17) is 25.8 Å². The summed E-state index contributed by atoms with van der Waals surface area (Å²) in [7, 11) is 1.66. The van der Waals surface area contributed by atoms with E-state index >= 15 is 0 Å². The minimum atomic E-state index is -0.282. The van der Waals surface area contributed by atoms with Gasteiger partial charge in [0, 0.05) is 48.5 Å². The highest BCUT2D eigenvalue weighted by Gasteiger charge is 2.24. The van der Waals surface area contributed by atoms with E-state index in [0.29, 0.717) is 28.8 Å². The van der Waals surface area contributed by atoms with Crippen LogP contribution < -0.4 is 29.3 Å². The Morgan fingerprint density at radius 1 is 0.947 bits per heavy atom. The number of aromatic nitrogens is 2. The van der Waals surface area contributed by atoms with Crippen molar-refractivity contribution in [1.29, 1.82) is 0 Å². The minimum absolute atomic E-state index is 0.211. The number of nitrogens with zero attached hydrogens (tertiary/aromatic N) is 4. The maximum Gasteiger partial charge on any atom is 0.272 e. The summed E-state index contributed by atoms with van der Waals surface area (Å²) in [6.45, 7) is 3.56. The number of carbonyl (C=O) groups is 1. The molecule has 3 aromatic carbocycles. The summed E-state index contributed by atoms with van der Waals surface area (Å²) >= 11 is 6.25. The predicted molar refractivity (Wildman–Crippen MR) is 146 cm³/mol. The Hall–Kier alpha value is -4.24. The van der Waals surface area contributed by atoms with Crippen molar-refractivity contribution in [2.24, 2.45) is 0 Å². The van der Waals surface area contributed by atoms with Crippen LogP contribution in [0.15, 0.2) is 60.7 Å². The first-order chi connectivity index (χ1) is 18.6. The van der Waals surface area contributed by atoms with Crippen LogP contribution in [0, 0.1) is 0 Å². The van der Waals surface area contributed by atoms with E-state index in [1.165, 1.54) is 0 Å². The third-order valence-corrected chi connectivity index (χ3v) is 7.07. The molecule has 9 nitrogen and oxygen atoms in total. The van der Waals surface area contributed by atoms with Crippen molar-refractivity contribution in [3.05, 3.63) is 76.9 Å². The molecule has 1 amide bonds. The topological polar surface area (TPSA) is 89.1 Å². The number of benzene rings is 3. The lowest BCUT2D eigenvalue weighted by molar-refractivity contribution is 0.0946. The Morgan fingerprint density at radius 2 is 1.71 bits per heavy atom. The lowest BCUT2D eigenvalue weighted by Crippen LogP contribution is -2.47. The number of hydrogen-bond acceptors (Lipinski definition) is 8. The summed E-state index contributed by atoms with van der Waals surface area (Å²) in [6, 6.07) is 19.0. The van der Waals surface area contributed by atoms with Crippen molar-refractivity contribution in [2.45, 2.75) is 6.54 Å². The number of halogens is 1. The van der Waals surface area contributed by atoms with Gasteiger partial charge in [-0.3, -0.25) is 4.79 Å². The Bertz CT molecular complexity index is 1510. The molecule has 1 saturated heterocycles. The van der Waals surface area contributed by atoms with Gasteiger partial charge in [0.25, 0.3) is 5.91 Å². The normalized spacial score (nSPS) is 14.6. The molecule has 6 rings (SSSR count). The number of piperazine rings is 1. The predicted octanol–water partition coefficient (Wildman–Crippen LogP) is 4.28. The van der Waals surface area contributed by atoms with Crippen LogP contribution in [0.3, 0.4) is 0 Å². The van der Waals surface area contributed by atoms with Crippen molar-refractivity contribution < 1.29 is 19.0 Å². The summed E-state index contributed by atoms with van der Waals surface area (Å²) in [5.41, 5.74) is 2.18. The second kappa shape index (κ2) is 10.3. The van der Waals surface area contributed by atoms with Gasteiger partial charge in [0.15, 0.2) is 23.0 Å². The van der Waals surface area contributed by atoms with E-state index in [9.17, 15) is 4.79 Å². The number of anilines is 2. The lowest BCUT2D eigenvalue weighted by Gasteiger charge is -2.37. The molecule has 0 aliphatic carbocycles. The van der Waals surface area contributed by atoms with Gasteiger partial charge in [0.05, 0.1) is 12.8 Å². The van der Waals surface area contributed by atoms with Crippen LogP contribution in [0.5, 0.6) is 17.2 Å². The second-order valence-electron chi connectivity index (χ2n) is 9.08. The van der Waals surface area contributed by atoms with Crippen molar-refractivity contribution in [3.8, 4) is 17.2 Å². The van der Waals surface area contributed by atoms with Crippen LogP contribution in [-0.2, 0) is 6.54 Å². The highest BCUT2D eigenvalue weighted by atomic mass is 35.5. The van der Waals surface area contributed by atoms with Gasteiger partial charge in [-0.05, 0) is 35.9 Å². The van der Waals surface area contributed by atoms with E-state index in [1.807, 2.05) is 60.7 Å². The number of carbonyl (C=O) groups excluding carboxylic acids is 1. The zero-order chi connectivity index (χ0) is 26.1. The fourth-order valence-corrected chi connectivity index (χ4v) is 5.04. The Kier molecular flexibility index (Phi) is 6.51. The van der Waals surface area contributed by atoms with Crippen molar-refractivity contribution in [3.63, 3.8) is 0 Å². The van der Waals surface area contributed by atoms with E-state index in [-0.39, 0.29) is 12.7 Å². The number of nitrogens with one attached hydrogen (secondary N) is 1. The number of methoxy groups -OCH3 is 1. The van der Waals surface area contributed by atoms with Gasteiger partial charge in [-0.15, -0.1) is 10.2 Å². The number of amides is 1. The van der Waals surface area contributed by atoms with Crippen molar-refractivity contribution in [1.82, 2.24) is 15.5 Å². The molecule has 1 aromatic heterocycles. The van der Waals surface area contributed by atoms with Crippen LogP contribution in [-0.4, -0.2) is 56.2 Å². The molecule has 4 aromatic rings. The van der Waals surface area contributed by atoms with E-state index in [0.717, 1.165) is 59.8 Å². The minimum Gasteiger partial charge on any atom is -0.495 e. The van der Waals surface area contributed by atoms with Crippen molar-refractivity contribution >= 4 is 39.8 Å². The van der Waals surface area contributed by atoms with Crippen LogP contribution >= 0.6 is 11.6 Å². The average molecular weight is 532 g/mol. The molecule has 10 heteroatoms. The van der Waals surface area contributed by atoms with Crippen LogP contribution in [0.4, 0.5) is 11.5 Å². The smallest absolute Gasteiger partial charge is 0.272 e. The van der Waals surface area contributed by atoms with Gasteiger partial charge in [-0.2, -0.15) is 0 Å². The SMILES string of the molecule is COc1ccc(Cl)cc1N1CCN(c2nnc(C(=O)NCc3ccc4c(c3)OCO4)c3ccccc23)CC1. The number of fused-ring (bicyclic) bond motifs is 2. The van der Waals surface area contributed by atoms with Gasteiger partial charge < -0.3 is 29.3 Å². The molecule has 194 valence electrons. The van der Waals surface area contributed by atoms with Crippen LogP contribution in [0.1, 0.15) is 16.1 Å². The zero-order valence-corrected chi connectivity index (χ0v) is 21.6. The Morgan fingerprint density at radius 3 is 2.53 bits per heavy atom. The molecule has 0 radical (unpaired) electrons. The average Bonchev–Trinajstić information content (AvgIpc) is 3.43. The summed E-state index contributed by atoms with van der Waals surface area (Å²) in [4.78, 5) is 17.6. The molecule has 0 unspecified atom stereocenters. The fraction of sp³-hybridized carbons (Fsp3) is 0.250. The summed E-state index contributed by atoms with van der Waals surface area (Å²) in [5, 5.41) is 14.2. The standard InChI is InChI=1S/C28H26ClN5O4/c1-36-23-9-7-19(29)15-22(23)33-10-12-34(13-11-33)27-21-5-3-2-4-20(21)26(31-32-27)28(35)30-16-18-6-8-24-25(14-18)38-17-37-24/h2-9,14-15H,10-13,16-17H2,1H3,(H,30,35). The van der Waals surface area contributed by atoms with Crippen molar-refractivity contribution in [2.75, 3.05) is 49.9 Å². The highest BCUT2D eigenvalue weighted by Crippen LogP contribution is 2.34. The number of ether oxygens (including phenoxy) is 3. The molecule has 2 aliphatic heterocycles. The van der Waals surface area contributed by atoms with Gasteiger partial charge in [0.1, 0.15) is 5.75 Å². The second-order valence-corrected chi connectivity index (χ2v) is 9.51. The molecule has 0 spiro atoms. The third-order valence-electron chi connectivity index (χ3n) is 6.83. The molecular formula is C28H26ClN5O4. The first kappa shape index (κ1) is 24.1. The van der Waals surface area contributed by atoms with Gasteiger partial charge in [-0.25, -0.2) is 0 Å². The Balaban J connectivity index is 1.19. The van der Waals surface area contributed by atoms with Gasteiger partial charge in [0.2, 0.25) is 6.79 Å². The largest absolute Gasteiger partial charge is 0.495 e. The molecule has 1 N–H and O–H groups in total. The van der Waals surface area contributed by atoms with Crippen LogP contribution in [0.2, 0.25) is 5.02 Å². The fourth-order valence-electron chi connectivity index (χ4n) is 4.88. The lowest BCUT2D eigenvalue weighted by atomic mass is 10.1. The maximum atomic E-state index is 13.1. The first-order valence-electron chi connectivity index (χ1n) is 12.4. The summed E-state index contributed by atoms with van der Waals surface area (Å²) in [6.07, 6.45) is 0. The summed E-state index contributed by atoms with van der Waals surface area (Å²) in [5.74, 6) is 2.67. The van der Waals surface area contributed by atoms with Gasteiger partial charge in [-0.1, -0.05) is 41.9 Å². The number of rotatable bonds is 6. The monoisotopic (exact) mass is 531 g/mol. The summed E-state index contributed by atoms with van der Waals surface area (Å²) < 4.78 is 16.3. The van der Waals surface area contributed by atoms with Crippen LogP contribution in [0.25, 0.3) is 10.8 Å². The van der Waals surface area contributed by atoms with Gasteiger partial charge >= 0.3 is 0 Å². The quantitative estimate of drug-likeness (QED) is 0.394. The molecule has 3 heterocycles. The number of hydrogen-bond donors (Lipinski definition) is 1. The molecule has 1 fully saturated rings. The van der Waals surface area contributed by atoms with E-state index in [2.05, 4.69) is 25.3 Å². The molecule has 38 heavy (non-hydrogen) atoms. The third kappa shape index (κ3) is 4.61. The Labute approximate surface area is 224 Å². The van der Waals surface area contributed by atoms with E-state index < -0.39 is 0 Å². The first-order valence-corrected chi connectivity index (χ1v) is 12.7. The highest BCUT2D eigenvalue weighted by molar-refractivity contribution is 6.31. The molecule has 2 aliphatic rings. The van der Waals surface area contributed by atoms with E-state index in [1.54, 1.807) is 7.11 Å². The molecule has 0 saturated carbocycles. The maximum absolute atomic E-state index is 13.1. The molecule has 0 bridgehead atoms. The zero-order valence-electron chi connectivity index (χ0n) is 20.8.